The highest BCUT2D eigenvalue weighted by Gasteiger charge is 2.38. The second-order valence-electron chi connectivity index (χ2n) is 20.9. The molecule has 14 heteroatoms. The lowest BCUT2D eigenvalue weighted by molar-refractivity contribution is -0.146. The molecule has 6 atom stereocenters. The first-order valence-corrected chi connectivity index (χ1v) is 27.2. The number of nitrogens with zero attached hydrogens (tertiary/aromatic N) is 4. The number of amides is 3. The summed E-state index contributed by atoms with van der Waals surface area (Å²) in [5, 5.41) is 32.6. The van der Waals surface area contributed by atoms with Crippen LogP contribution in [0.25, 0.3) is 0 Å². The van der Waals surface area contributed by atoms with E-state index in [0.29, 0.717) is 76.8 Å². The zero-order chi connectivity index (χ0) is 52.0. The number of nitrogens with two attached hydrogens (primary N) is 1. The van der Waals surface area contributed by atoms with Gasteiger partial charge < -0.3 is 36.2 Å². The molecule has 8 rings (SSSR count). The van der Waals surface area contributed by atoms with Gasteiger partial charge in [0.1, 0.15) is 6.04 Å². The topological polar surface area (TPSA) is 180 Å². The molecule has 404 valence electrons. The Kier molecular flexibility index (Phi) is 25.8. The zero-order valence-electron chi connectivity index (χ0n) is 44.0. The van der Waals surface area contributed by atoms with E-state index in [2.05, 4.69) is 46.3 Å². The molecule has 0 bridgehead atoms. The molecule has 2 aliphatic heterocycles. The van der Waals surface area contributed by atoms with E-state index in [9.17, 15) is 29.4 Å². The third-order valence-corrected chi connectivity index (χ3v) is 14.6. The predicted octanol–water partition coefficient (Wildman–Crippen LogP) is 8.46. The monoisotopic (exact) mass is 1080 g/mol. The lowest BCUT2D eigenvalue weighted by atomic mass is 9.91. The Morgan fingerprint density at radius 1 is 0.568 bits per heavy atom. The number of carboxylic acid groups (broad SMARTS) is 1. The van der Waals surface area contributed by atoms with Crippen LogP contribution in [0, 0.1) is 23.7 Å². The highest BCUT2D eigenvalue weighted by molar-refractivity contribution is 8.93. The number of carbonyl (C=O) groups is 4. The number of aliphatic hydroxyl groups is 2. The summed E-state index contributed by atoms with van der Waals surface area (Å²) in [6.45, 7) is 10.8. The van der Waals surface area contributed by atoms with E-state index in [1.54, 1.807) is 0 Å². The summed E-state index contributed by atoms with van der Waals surface area (Å²) in [6.07, 6.45) is 9.66. The van der Waals surface area contributed by atoms with Gasteiger partial charge in [-0.15, -0.1) is 17.0 Å². The Morgan fingerprint density at radius 3 is 1.35 bits per heavy atom. The van der Waals surface area contributed by atoms with Gasteiger partial charge in [-0.1, -0.05) is 187 Å². The summed E-state index contributed by atoms with van der Waals surface area (Å²) < 4.78 is 0. The van der Waals surface area contributed by atoms with Crippen molar-refractivity contribution in [2.24, 2.45) is 29.4 Å². The summed E-state index contributed by atoms with van der Waals surface area (Å²) in [4.78, 5) is 58.9. The Morgan fingerprint density at radius 2 is 0.946 bits per heavy atom. The van der Waals surface area contributed by atoms with Gasteiger partial charge in [-0.05, 0) is 59.8 Å². The molecule has 0 aromatic heterocycles. The molecule has 4 aromatic rings. The molecule has 3 amide bonds. The Labute approximate surface area is 451 Å². The number of carbonyl (C=O) groups excluding carboxylic acids is 3. The van der Waals surface area contributed by atoms with Gasteiger partial charge in [0.05, 0.1) is 30.1 Å². The van der Waals surface area contributed by atoms with Crippen molar-refractivity contribution in [3.8, 4) is 0 Å². The van der Waals surface area contributed by atoms with Crippen molar-refractivity contribution in [3.05, 3.63) is 144 Å². The van der Waals surface area contributed by atoms with Crippen LogP contribution in [-0.2, 0) is 45.4 Å². The maximum atomic E-state index is 13.7. The molecule has 4 aromatic carbocycles. The van der Waals surface area contributed by atoms with Crippen molar-refractivity contribution in [3.63, 3.8) is 0 Å². The second-order valence-corrected chi connectivity index (χ2v) is 20.9. The first-order chi connectivity index (χ1) is 35.4. The van der Waals surface area contributed by atoms with E-state index in [0.717, 1.165) is 88.7 Å². The molecule has 0 spiro atoms. The molecule has 4 aliphatic rings. The highest BCUT2D eigenvalue weighted by Crippen LogP contribution is 2.38. The van der Waals surface area contributed by atoms with Gasteiger partial charge in [0.25, 0.3) is 0 Å². The fraction of sp³-hybridized carbons (Fsp3) is 0.533. The molecule has 2 saturated heterocycles. The lowest BCUT2D eigenvalue weighted by Crippen LogP contribution is -2.53. The molecule has 2 aliphatic carbocycles. The molecular formula is C60H85BrN6O7. The predicted molar refractivity (Wildman–Crippen MR) is 298 cm³/mol. The van der Waals surface area contributed by atoms with Crippen LogP contribution in [0.1, 0.15) is 113 Å². The number of halogens is 1. The largest absolute Gasteiger partial charge is 0.481 e. The van der Waals surface area contributed by atoms with Crippen LogP contribution in [0.15, 0.2) is 121 Å². The number of nitrogens with one attached hydrogen (secondary N) is 1. The standard InChI is InChI=1S/C30H41N3O3.C19H23N3O.C11H20O3.BrH/c1-2-3-14-28(34)26(19-23-15-16-23)29(35)31-27-22-32(20-24-10-6-4-7-11-24)17-18-33(30(27)36)21-25-12-8-5-9-13-25;20-18-15-21(13-16-7-3-1-4-8-16)11-12-22(19(18)23)14-17-9-5-2-6-10-17;1-2-3-4-10(12)9(11(13)14)7-8-5-6-8;/h4-13,23,26-28,34H,2-3,14-22H2,1H3,(H,31,35);1-10,18H,11-15,20H2;8-10,12H,2-7H2,1H3,(H,13,14);1H/t26-,27?,28+;;9-,10+;/m1.1./s1. The maximum absolute atomic E-state index is 13.7. The summed E-state index contributed by atoms with van der Waals surface area (Å²) in [7, 11) is 0. The Hall–Kier alpha value is -4.96. The molecule has 0 radical (unpaired) electrons. The molecule has 2 saturated carbocycles. The lowest BCUT2D eigenvalue weighted by Gasteiger charge is -2.28. The van der Waals surface area contributed by atoms with Crippen molar-refractivity contribution in [1.82, 2.24) is 24.9 Å². The molecule has 6 N–H and O–H groups in total. The van der Waals surface area contributed by atoms with Gasteiger partial charge >= 0.3 is 5.97 Å². The van der Waals surface area contributed by atoms with Gasteiger partial charge in [-0.2, -0.15) is 0 Å². The molecular weight excluding hydrogens is 997 g/mol. The van der Waals surface area contributed by atoms with Gasteiger partial charge in [0.2, 0.25) is 17.7 Å². The van der Waals surface area contributed by atoms with E-state index < -0.39 is 42.1 Å². The first-order valence-electron chi connectivity index (χ1n) is 27.2. The van der Waals surface area contributed by atoms with Crippen molar-refractivity contribution in [2.45, 2.75) is 141 Å². The van der Waals surface area contributed by atoms with Crippen molar-refractivity contribution < 1.29 is 34.5 Å². The van der Waals surface area contributed by atoms with Crippen LogP contribution in [0.3, 0.4) is 0 Å². The molecule has 13 nitrogen and oxygen atoms in total. The van der Waals surface area contributed by atoms with Crippen LogP contribution in [0.2, 0.25) is 0 Å². The third-order valence-electron chi connectivity index (χ3n) is 14.6. The van der Waals surface area contributed by atoms with E-state index in [1.807, 2.05) is 114 Å². The highest BCUT2D eigenvalue weighted by atomic mass is 79.9. The quantitative estimate of drug-likeness (QED) is 0.0484. The van der Waals surface area contributed by atoms with Crippen LogP contribution >= 0.6 is 17.0 Å². The van der Waals surface area contributed by atoms with Gasteiger partial charge in [0, 0.05) is 65.4 Å². The number of carboxylic acids is 1. The fourth-order valence-electron chi connectivity index (χ4n) is 9.87. The van der Waals surface area contributed by atoms with Crippen LogP contribution in [0.4, 0.5) is 0 Å². The minimum Gasteiger partial charge on any atom is -0.481 e. The summed E-state index contributed by atoms with van der Waals surface area (Å²) in [5.41, 5.74) is 10.8. The smallest absolute Gasteiger partial charge is 0.309 e. The van der Waals surface area contributed by atoms with Gasteiger partial charge in [-0.25, -0.2) is 0 Å². The van der Waals surface area contributed by atoms with E-state index in [4.69, 9.17) is 10.8 Å². The SMILES string of the molecule is Br.CCCC[C@H](O)[C@@H](CC1CC1)C(=O)NC1CN(Cc2ccccc2)CCN(Cc2ccccc2)C1=O.CCCC[C@H](O)[C@@H](CC1CC1)C(=O)O.NC1CN(Cc2ccccc2)CCN(Cc2ccccc2)C1=O. The average Bonchev–Trinajstić information content (AvgIpc) is 4.35. The molecule has 2 heterocycles. The summed E-state index contributed by atoms with van der Waals surface area (Å²) in [5.74, 6) is -0.913. The van der Waals surface area contributed by atoms with Crippen LogP contribution in [-0.4, -0.2) is 122 Å². The fourth-order valence-corrected chi connectivity index (χ4v) is 9.87. The number of rotatable bonds is 23. The van der Waals surface area contributed by atoms with Crippen LogP contribution in [0.5, 0.6) is 0 Å². The number of aliphatic hydroxyl groups excluding tert-OH is 2. The third kappa shape index (κ3) is 20.6. The summed E-state index contributed by atoms with van der Waals surface area (Å²) >= 11 is 0. The normalized spacial score (nSPS) is 20.0. The summed E-state index contributed by atoms with van der Waals surface area (Å²) in [6, 6.07) is 39.6. The maximum Gasteiger partial charge on any atom is 0.309 e. The number of unbranched alkanes of at least 4 members (excludes halogenated alkanes) is 2. The van der Waals surface area contributed by atoms with E-state index >= 15 is 0 Å². The first kappa shape index (κ1) is 59.9. The number of hydrogen-bond acceptors (Lipinski definition) is 9. The van der Waals surface area contributed by atoms with Crippen molar-refractivity contribution in [1.29, 1.82) is 0 Å². The molecule has 74 heavy (non-hydrogen) atoms. The zero-order valence-corrected chi connectivity index (χ0v) is 45.7. The van der Waals surface area contributed by atoms with Crippen molar-refractivity contribution >= 4 is 40.7 Å². The minimum absolute atomic E-state index is 0. The Bertz CT molecular complexity index is 2240. The van der Waals surface area contributed by atoms with Gasteiger partial charge in [0.15, 0.2) is 0 Å². The Balaban J connectivity index is 0.000000227. The number of aliphatic carboxylic acids is 1. The van der Waals surface area contributed by atoms with Gasteiger partial charge in [-0.3, -0.25) is 29.0 Å². The minimum atomic E-state index is -0.833. The van der Waals surface area contributed by atoms with E-state index in [1.165, 1.54) is 11.1 Å². The molecule has 2 unspecified atom stereocenters. The van der Waals surface area contributed by atoms with Crippen molar-refractivity contribution in [2.75, 3.05) is 39.3 Å². The second kappa shape index (κ2) is 31.8. The molecule has 4 fully saturated rings. The average molecular weight is 1080 g/mol. The number of hydrogen-bond donors (Lipinski definition) is 5. The van der Waals surface area contributed by atoms with E-state index in [-0.39, 0.29) is 34.7 Å². The number of benzene rings is 4. The van der Waals surface area contributed by atoms with Crippen LogP contribution < -0.4 is 11.1 Å².